The Kier molecular flexibility index (Phi) is 4.99. The van der Waals surface area contributed by atoms with Gasteiger partial charge in [-0.05, 0) is 73.5 Å². The normalized spacial score (nSPS) is 16.4. The second kappa shape index (κ2) is 8.50. The third-order valence-corrected chi connectivity index (χ3v) is 7.64. The summed E-state index contributed by atoms with van der Waals surface area (Å²) in [4.78, 5) is 14.8. The molecule has 6 nitrogen and oxygen atoms in total. The number of fused-ring (bicyclic) bond motifs is 3. The fourth-order valence-electron chi connectivity index (χ4n) is 5.84. The van der Waals surface area contributed by atoms with Crippen molar-refractivity contribution < 1.29 is 4.74 Å². The first-order valence-corrected chi connectivity index (χ1v) is 12.5. The minimum absolute atomic E-state index is 0.0827. The molecule has 0 amide bonds. The van der Waals surface area contributed by atoms with Crippen molar-refractivity contribution in [1.29, 1.82) is 0 Å². The van der Waals surface area contributed by atoms with Gasteiger partial charge in [0.1, 0.15) is 29.3 Å². The van der Waals surface area contributed by atoms with Gasteiger partial charge in [-0.25, -0.2) is 9.97 Å². The van der Waals surface area contributed by atoms with Crippen LogP contribution in [-0.4, -0.2) is 34.6 Å². The van der Waals surface area contributed by atoms with Crippen molar-refractivity contribution in [2.24, 2.45) is 0 Å². The molecule has 4 heterocycles. The number of nitrogens with one attached hydrogen (secondary N) is 2. The maximum Gasteiger partial charge on any atom is 0.145 e. The number of rotatable bonds is 4. The van der Waals surface area contributed by atoms with E-state index < -0.39 is 0 Å². The monoisotopic (exact) mass is 473 g/mol. The molecule has 0 saturated carbocycles. The average molecular weight is 474 g/mol. The zero-order chi connectivity index (χ0) is 24.0. The molecule has 36 heavy (non-hydrogen) atoms. The number of anilines is 2. The number of aromatic amines is 1. The number of piperidine rings is 1. The molecular formula is C30H27N5O. The summed E-state index contributed by atoms with van der Waals surface area (Å²) in [6.45, 7) is 2.97. The Morgan fingerprint density at radius 3 is 2.58 bits per heavy atom. The van der Waals surface area contributed by atoms with Gasteiger partial charge in [0, 0.05) is 29.4 Å². The molecule has 0 unspecified atom stereocenters. The van der Waals surface area contributed by atoms with Crippen molar-refractivity contribution in [2.45, 2.75) is 18.3 Å². The van der Waals surface area contributed by atoms with Crippen LogP contribution in [0.2, 0.25) is 0 Å². The van der Waals surface area contributed by atoms with E-state index >= 15 is 0 Å². The maximum absolute atomic E-state index is 6.31. The van der Waals surface area contributed by atoms with Gasteiger partial charge in [-0.2, -0.15) is 0 Å². The van der Waals surface area contributed by atoms with Gasteiger partial charge in [-0.15, -0.1) is 0 Å². The molecule has 3 aromatic carbocycles. The molecule has 1 spiro atoms. The Morgan fingerprint density at radius 1 is 0.861 bits per heavy atom. The van der Waals surface area contributed by atoms with Crippen LogP contribution in [0.1, 0.15) is 18.4 Å². The lowest BCUT2D eigenvalue weighted by Crippen LogP contribution is -2.42. The molecule has 6 heteroatoms. The van der Waals surface area contributed by atoms with Crippen molar-refractivity contribution in [1.82, 2.24) is 20.3 Å². The van der Waals surface area contributed by atoms with E-state index in [9.17, 15) is 0 Å². The predicted molar refractivity (Wildman–Crippen MR) is 143 cm³/mol. The lowest BCUT2D eigenvalue weighted by molar-refractivity contribution is 0.329. The Morgan fingerprint density at radius 2 is 1.69 bits per heavy atom. The number of para-hydroxylation sites is 2. The van der Waals surface area contributed by atoms with Gasteiger partial charge in [0.2, 0.25) is 0 Å². The molecule has 5 aromatic rings. The summed E-state index contributed by atoms with van der Waals surface area (Å²) in [5, 5.41) is 4.62. The van der Waals surface area contributed by atoms with Gasteiger partial charge in [-0.3, -0.25) is 0 Å². The molecule has 0 radical (unpaired) electrons. The molecule has 2 aromatic heterocycles. The predicted octanol–water partition coefficient (Wildman–Crippen LogP) is 6.19. The van der Waals surface area contributed by atoms with Gasteiger partial charge >= 0.3 is 0 Å². The van der Waals surface area contributed by atoms with Crippen LogP contribution in [0.3, 0.4) is 0 Å². The highest BCUT2D eigenvalue weighted by atomic mass is 16.5. The van der Waals surface area contributed by atoms with E-state index in [1.807, 2.05) is 48.7 Å². The van der Waals surface area contributed by atoms with Gasteiger partial charge in [0.05, 0.1) is 5.39 Å². The third-order valence-electron chi connectivity index (χ3n) is 7.64. The summed E-state index contributed by atoms with van der Waals surface area (Å²) >= 11 is 0. The van der Waals surface area contributed by atoms with Crippen molar-refractivity contribution in [2.75, 3.05) is 24.5 Å². The second-order valence-electron chi connectivity index (χ2n) is 9.70. The van der Waals surface area contributed by atoms with E-state index in [1.165, 1.54) is 16.8 Å². The number of ether oxygens (including phenoxy) is 1. The molecule has 2 N–H and O–H groups in total. The minimum atomic E-state index is 0.0827. The largest absolute Gasteiger partial charge is 0.457 e. The highest BCUT2D eigenvalue weighted by Gasteiger charge is 2.44. The van der Waals surface area contributed by atoms with E-state index in [0.717, 1.165) is 66.4 Å². The van der Waals surface area contributed by atoms with Crippen molar-refractivity contribution in [3.8, 4) is 22.6 Å². The fourth-order valence-corrected chi connectivity index (χ4v) is 5.84. The first-order valence-electron chi connectivity index (χ1n) is 12.5. The van der Waals surface area contributed by atoms with Crippen LogP contribution in [0.4, 0.5) is 11.5 Å². The second-order valence-corrected chi connectivity index (χ2v) is 9.70. The Hall–Kier alpha value is -4.16. The number of hydrogen-bond donors (Lipinski definition) is 2. The standard InChI is InChI=1S/C30H27N5O/c1-2-6-22(7-3-1)36-27-9-5-4-8-23(27)21-10-11-26-25(18-21)30(13-16-31-17-14-30)19-35(26)29-24-12-15-32-28(24)33-20-34-29/h1-12,15,18,20,31H,13-14,16-17,19H2,(H,32,33,34). The molecule has 0 aliphatic carbocycles. The van der Waals surface area contributed by atoms with Crippen molar-refractivity contribution in [3.05, 3.63) is 97.0 Å². The summed E-state index contributed by atoms with van der Waals surface area (Å²) in [6, 6.07) is 27.2. The highest BCUT2D eigenvalue weighted by Crippen LogP contribution is 2.51. The molecule has 7 rings (SSSR count). The van der Waals surface area contributed by atoms with Crippen LogP contribution in [-0.2, 0) is 5.41 Å². The SMILES string of the molecule is c1ccc(Oc2ccccc2-c2ccc3c(c2)C2(CCNCC2)CN3c2ncnc3[nH]ccc23)cc1. The molecule has 1 saturated heterocycles. The summed E-state index contributed by atoms with van der Waals surface area (Å²) in [7, 11) is 0. The first-order chi connectivity index (χ1) is 17.8. The Labute approximate surface area is 210 Å². The van der Waals surface area contributed by atoms with Crippen LogP contribution in [0, 0.1) is 0 Å². The molecule has 0 bridgehead atoms. The van der Waals surface area contributed by atoms with E-state index in [1.54, 1.807) is 6.33 Å². The zero-order valence-corrected chi connectivity index (χ0v) is 19.9. The van der Waals surface area contributed by atoms with Crippen molar-refractivity contribution >= 4 is 22.5 Å². The Balaban J connectivity index is 1.35. The van der Waals surface area contributed by atoms with E-state index in [2.05, 4.69) is 56.6 Å². The summed E-state index contributed by atoms with van der Waals surface area (Å²) in [5.74, 6) is 2.67. The van der Waals surface area contributed by atoms with Gasteiger partial charge in [-0.1, -0.05) is 42.5 Å². The van der Waals surface area contributed by atoms with Gasteiger partial charge in [0.25, 0.3) is 0 Å². The zero-order valence-electron chi connectivity index (χ0n) is 19.9. The number of H-pyrrole nitrogens is 1. The summed E-state index contributed by atoms with van der Waals surface area (Å²) < 4.78 is 6.31. The highest BCUT2D eigenvalue weighted by molar-refractivity contribution is 5.91. The quantitative estimate of drug-likeness (QED) is 0.326. The van der Waals surface area contributed by atoms with Crippen LogP contribution >= 0.6 is 0 Å². The number of aromatic nitrogens is 3. The Bertz CT molecular complexity index is 1540. The molecule has 0 atom stereocenters. The van der Waals surface area contributed by atoms with Crippen LogP contribution in [0.5, 0.6) is 11.5 Å². The molecule has 2 aliphatic heterocycles. The number of benzene rings is 3. The average Bonchev–Trinajstić information content (AvgIpc) is 3.53. The van der Waals surface area contributed by atoms with E-state index in [-0.39, 0.29) is 5.41 Å². The summed E-state index contributed by atoms with van der Waals surface area (Å²) in [5.41, 5.74) is 5.87. The maximum atomic E-state index is 6.31. The molecule has 178 valence electrons. The van der Waals surface area contributed by atoms with E-state index in [4.69, 9.17) is 9.72 Å². The van der Waals surface area contributed by atoms with Crippen LogP contribution < -0.4 is 15.0 Å². The first kappa shape index (κ1) is 21.1. The van der Waals surface area contributed by atoms with Crippen LogP contribution in [0.25, 0.3) is 22.2 Å². The molecule has 1 fully saturated rings. The van der Waals surface area contributed by atoms with E-state index in [0.29, 0.717) is 0 Å². The van der Waals surface area contributed by atoms with Gasteiger partial charge in [0.15, 0.2) is 0 Å². The van der Waals surface area contributed by atoms with Crippen molar-refractivity contribution in [3.63, 3.8) is 0 Å². The van der Waals surface area contributed by atoms with Gasteiger partial charge < -0.3 is 19.9 Å². The number of nitrogens with zero attached hydrogens (tertiary/aromatic N) is 3. The molecule has 2 aliphatic rings. The topological polar surface area (TPSA) is 66.1 Å². The minimum Gasteiger partial charge on any atom is -0.457 e. The lowest BCUT2D eigenvalue weighted by atomic mass is 9.74. The lowest BCUT2D eigenvalue weighted by Gasteiger charge is -2.35. The smallest absolute Gasteiger partial charge is 0.145 e. The van der Waals surface area contributed by atoms with Crippen LogP contribution in [0.15, 0.2) is 91.4 Å². The number of hydrogen-bond acceptors (Lipinski definition) is 5. The fraction of sp³-hybridized carbons (Fsp3) is 0.200. The summed E-state index contributed by atoms with van der Waals surface area (Å²) in [6.07, 6.45) is 5.80. The third kappa shape index (κ3) is 3.45. The molecular weight excluding hydrogens is 446 g/mol.